The molecule has 1 rings (SSSR count). The Labute approximate surface area is 57.7 Å². The van der Waals surface area contributed by atoms with Gasteiger partial charge in [-0.05, 0) is 12.1 Å². The second kappa shape index (κ2) is 4.01. The van der Waals surface area contributed by atoms with Crippen LogP contribution in [0.25, 0.3) is 0 Å². The van der Waals surface area contributed by atoms with Crippen LogP contribution in [0.5, 0.6) is 0 Å². The van der Waals surface area contributed by atoms with Gasteiger partial charge in [0, 0.05) is 12.7 Å². The molecule has 2 heteroatoms. The zero-order chi connectivity index (χ0) is 5.82. The molecule has 0 fully saturated rings. The summed E-state index contributed by atoms with van der Waals surface area (Å²) in [6.45, 7) is 0. The van der Waals surface area contributed by atoms with Crippen molar-refractivity contribution in [3.63, 3.8) is 0 Å². The lowest BCUT2D eigenvalue weighted by molar-refractivity contribution is 1.51. The molecule has 0 amide bonds. The average Bonchev–Trinajstić information content (AvgIpc) is 1.90. The SMILES string of the molecule is B.CNc1ccccc1. The number of hydrogen-bond acceptors (Lipinski definition) is 1. The van der Waals surface area contributed by atoms with Gasteiger partial charge in [0.1, 0.15) is 0 Å². The molecular weight excluding hydrogens is 109 g/mol. The van der Waals surface area contributed by atoms with Crippen LogP contribution in [0.2, 0.25) is 0 Å². The molecule has 1 aromatic rings. The number of nitrogens with one attached hydrogen (secondary N) is 1. The van der Waals surface area contributed by atoms with E-state index in [4.69, 9.17) is 0 Å². The van der Waals surface area contributed by atoms with Gasteiger partial charge in [-0.2, -0.15) is 0 Å². The predicted molar refractivity (Wildman–Crippen MR) is 45.9 cm³/mol. The van der Waals surface area contributed by atoms with E-state index in [9.17, 15) is 0 Å². The number of benzene rings is 1. The highest BCUT2D eigenvalue weighted by Gasteiger charge is 1.77. The normalized spacial score (nSPS) is 7.67. The number of hydrogen-bond donors (Lipinski definition) is 1. The van der Waals surface area contributed by atoms with Gasteiger partial charge in [-0.15, -0.1) is 0 Å². The van der Waals surface area contributed by atoms with Crippen LogP contribution in [0.4, 0.5) is 5.69 Å². The fraction of sp³-hybridized carbons (Fsp3) is 0.143. The molecule has 0 radical (unpaired) electrons. The van der Waals surface area contributed by atoms with Gasteiger partial charge in [0.05, 0.1) is 8.41 Å². The molecule has 1 N–H and O–H groups in total. The van der Waals surface area contributed by atoms with E-state index in [1.54, 1.807) is 0 Å². The number of para-hydroxylation sites is 1. The summed E-state index contributed by atoms with van der Waals surface area (Å²) < 4.78 is 0. The zero-order valence-electron chi connectivity index (χ0n) is 4.89. The van der Waals surface area contributed by atoms with Crippen LogP contribution < -0.4 is 5.32 Å². The highest BCUT2D eigenvalue weighted by atomic mass is 14.8. The smallest absolute Gasteiger partial charge is 0.0814 e. The Morgan fingerprint density at radius 3 is 2.00 bits per heavy atom. The van der Waals surface area contributed by atoms with E-state index in [2.05, 4.69) is 5.32 Å². The summed E-state index contributed by atoms with van der Waals surface area (Å²) in [5, 5.41) is 3.03. The summed E-state index contributed by atoms with van der Waals surface area (Å²) in [6.07, 6.45) is 0. The van der Waals surface area contributed by atoms with Crippen molar-refractivity contribution in [1.82, 2.24) is 0 Å². The highest BCUT2D eigenvalue weighted by Crippen LogP contribution is 2.01. The molecule has 0 spiro atoms. The molecule has 0 bridgehead atoms. The molecule has 0 heterocycles. The van der Waals surface area contributed by atoms with E-state index in [0.29, 0.717) is 0 Å². The zero-order valence-corrected chi connectivity index (χ0v) is 4.89. The number of anilines is 1. The Bertz CT molecular complexity index is 150. The van der Waals surface area contributed by atoms with Gasteiger partial charge in [0.25, 0.3) is 0 Å². The first-order valence-electron chi connectivity index (χ1n) is 2.66. The molecule has 0 aliphatic carbocycles. The molecule has 0 unspecified atom stereocenters. The Hall–Kier alpha value is -0.915. The standard InChI is InChI=1S/C7H9N.BH3/c1-8-7-5-3-2-4-6-7;/h2-6,8H,1H3;1H3. The summed E-state index contributed by atoms with van der Waals surface area (Å²) >= 11 is 0. The minimum absolute atomic E-state index is 0. The average molecular weight is 121 g/mol. The number of rotatable bonds is 1. The predicted octanol–water partition coefficient (Wildman–Crippen LogP) is 0.544. The van der Waals surface area contributed by atoms with Crippen LogP contribution in [-0.4, -0.2) is 15.5 Å². The van der Waals surface area contributed by atoms with Gasteiger partial charge < -0.3 is 5.32 Å². The van der Waals surface area contributed by atoms with Crippen molar-refractivity contribution in [2.24, 2.45) is 0 Å². The highest BCUT2D eigenvalue weighted by molar-refractivity contribution is 5.75. The van der Waals surface area contributed by atoms with Crippen LogP contribution in [0.15, 0.2) is 30.3 Å². The maximum absolute atomic E-state index is 3.03. The van der Waals surface area contributed by atoms with E-state index in [1.165, 1.54) is 0 Å². The minimum Gasteiger partial charge on any atom is -0.388 e. The van der Waals surface area contributed by atoms with Crippen molar-refractivity contribution in [3.05, 3.63) is 30.3 Å². The summed E-state index contributed by atoms with van der Waals surface area (Å²) in [5.41, 5.74) is 1.16. The molecular formula is C7H12BN. The maximum atomic E-state index is 3.03. The first-order valence-corrected chi connectivity index (χ1v) is 2.66. The van der Waals surface area contributed by atoms with E-state index < -0.39 is 0 Å². The van der Waals surface area contributed by atoms with E-state index in [0.717, 1.165) is 5.69 Å². The molecule has 0 atom stereocenters. The van der Waals surface area contributed by atoms with Gasteiger partial charge in [0.15, 0.2) is 0 Å². The topological polar surface area (TPSA) is 12.0 Å². The van der Waals surface area contributed by atoms with Crippen LogP contribution in [0.1, 0.15) is 0 Å². The van der Waals surface area contributed by atoms with E-state index in [-0.39, 0.29) is 8.41 Å². The van der Waals surface area contributed by atoms with Crippen molar-refractivity contribution in [1.29, 1.82) is 0 Å². The van der Waals surface area contributed by atoms with Crippen LogP contribution in [0.3, 0.4) is 0 Å². The third kappa shape index (κ3) is 2.22. The van der Waals surface area contributed by atoms with Crippen molar-refractivity contribution in [3.8, 4) is 0 Å². The van der Waals surface area contributed by atoms with Crippen molar-refractivity contribution in [2.45, 2.75) is 0 Å². The van der Waals surface area contributed by atoms with E-state index >= 15 is 0 Å². The van der Waals surface area contributed by atoms with Crippen LogP contribution >= 0.6 is 0 Å². The van der Waals surface area contributed by atoms with Crippen molar-refractivity contribution < 1.29 is 0 Å². The lowest BCUT2D eigenvalue weighted by atomic mass is 10.3. The molecule has 1 nitrogen and oxygen atoms in total. The third-order valence-corrected chi connectivity index (χ3v) is 1.06. The van der Waals surface area contributed by atoms with Gasteiger partial charge in [-0.1, -0.05) is 18.2 Å². The second-order valence-electron chi connectivity index (χ2n) is 1.62. The minimum atomic E-state index is 0. The summed E-state index contributed by atoms with van der Waals surface area (Å²) in [6, 6.07) is 10.1. The molecule has 0 aliphatic rings. The largest absolute Gasteiger partial charge is 0.388 e. The summed E-state index contributed by atoms with van der Waals surface area (Å²) in [5.74, 6) is 0. The summed E-state index contributed by atoms with van der Waals surface area (Å²) in [7, 11) is 1.91. The van der Waals surface area contributed by atoms with E-state index in [1.807, 2.05) is 37.4 Å². The van der Waals surface area contributed by atoms with Gasteiger partial charge in [0.2, 0.25) is 0 Å². The second-order valence-corrected chi connectivity index (χ2v) is 1.62. The first-order chi connectivity index (χ1) is 3.93. The van der Waals surface area contributed by atoms with Gasteiger partial charge in [-0.3, -0.25) is 0 Å². The van der Waals surface area contributed by atoms with Gasteiger partial charge >= 0.3 is 0 Å². The Morgan fingerprint density at radius 1 is 1.11 bits per heavy atom. The first kappa shape index (κ1) is 8.08. The molecule has 48 valence electrons. The quantitative estimate of drug-likeness (QED) is 0.535. The fourth-order valence-electron chi connectivity index (χ4n) is 0.605. The van der Waals surface area contributed by atoms with Crippen LogP contribution in [-0.2, 0) is 0 Å². The Kier molecular flexibility index (Phi) is 3.61. The fourth-order valence-corrected chi connectivity index (χ4v) is 0.605. The third-order valence-electron chi connectivity index (χ3n) is 1.06. The molecule has 0 saturated carbocycles. The maximum Gasteiger partial charge on any atom is 0.0814 e. The molecule has 0 aliphatic heterocycles. The molecule has 0 aromatic heterocycles. The monoisotopic (exact) mass is 121 g/mol. The molecule has 9 heavy (non-hydrogen) atoms. The Morgan fingerprint density at radius 2 is 1.67 bits per heavy atom. The lowest BCUT2D eigenvalue weighted by Gasteiger charge is -1.94. The van der Waals surface area contributed by atoms with Crippen LogP contribution in [0, 0.1) is 0 Å². The van der Waals surface area contributed by atoms with Gasteiger partial charge in [-0.25, -0.2) is 0 Å². The summed E-state index contributed by atoms with van der Waals surface area (Å²) in [4.78, 5) is 0. The van der Waals surface area contributed by atoms with Crippen molar-refractivity contribution in [2.75, 3.05) is 12.4 Å². The molecule has 1 aromatic carbocycles. The van der Waals surface area contributed by atoms with Crippen molar-refractivity contribution >= 4 is 14.1 Å². The Balaban J connectivity index is 0.000000640. The lowest BCUT2D eigenvalue weighted by Crippen LogP contribution is -1.84. The molecule has 0 saturated heterocycles.